The third kappa shape index (κ3) is 4.78. The highest BCUT2D eigenvalue weighted by Crippen LogP contribution is 2.18. The van der Waals surface area contributed by atoms with Gasteiger partial charge in [-0.2, -0.15) is 0 Å². The summed E-state index contributed by atoms with van der Waals surface area (Å²) in [4.78, 5) is 19.4. The van der Waals surface area contributed by atoms with E-state index in [0.29, 0.717) is 22.5 Å². The molecule has 1 atom stereocenters. The molecule has 6 nitrogen and oxygen atoms in total. The quantitative estimate of drug-likeness (QED) is 0.378. The molecule has 0 amide bonds. The van der Waals surface area contributed by atoms with Crippen LogP contribution in [0.25, 0.3) is 0 Å². The Labute approximate surface area is 117 Å². The van der Waals surface area contributed by atoms with Crippen molar-refractivity contribution in [2.75, 3.05) is 11.5 Å². The zero-order valence-corrected chi connectivity index (χ0v) is 11.5. The minimum atomic E-state index is -2.37. The van der Waals surface area contributed by atoms with E-state index in [-0.39, 0.29) is 5.78 Å². The lowest BCUT2D eigenvalue weighted by Crippen LogP contribution is -2.03. The molecule has 0 aliphatic rings. The molecule has 7 N–H and O–H groups in total. The average molecular weight is 292 g/mol. The van der Waals surface area contributed by atoms with Crippen LogP contribution in [0.3, 0.4) is 0 Å². The molecule has 2 rings (SSSR count). The molecule has 1 unspecified atom stereocenters. The van der Waals surface area contributed by atoms with E-state index < -0.39 is 8.18 Å². The normalized spacial score (nSPS) is 10.2. The number of anilines is 2. The first-order valence-corrected chi connectivity index (χ1v) is 6.85. The maximum atomic E-state index is 12.0. The van der Waals surface area contributed by atoms with Crippen LogP contribution in [0, 0.1) is 0 Å². The Hall–Kier alpha value is -2.27. The second kappa shape index (κ2) is 7.35. The predicted molar refractivity (Wildman–Crippen MR) is 79.2 cm³/mol. The molecule has 0 radical (unpaired) electrons. The van der Waals surface area contributed by atoms with Crippen molar-refractivity contribution in [1.82, 2.24) is 0 Å². The Bertz CT molecular complexity index is 614. The van der Waals surface area contributed by atoms with Crippen molar-refractivity contribution in [1.29, 1.82) is 0 Å². The summed E-state index contributed by atoms with van der Waals surface area (Å²) in [6.07, 6.45) is 0. The van der Waals surface area contributed by atoms with Crippen molar-refractivity contribution in [3.8, 4) is 0 Å². The molecular formula is C13H15N3O3P+. The van der Waals surface area contributed by atoms with Gasteiger partial charge in [0.1, 0.15) is 0 Å². The topological polar surface area (TPSA) is 132 Å². The van der Waals surface area contributed by atoms with Crippen molar-refractivity contribution < 1.29 is 14.3 Å². The van der Waals surface area contributed by atoms with Gasteiger partial charge in [-0.15, -0.1) is 4.89 Å². The Morgan fingerprint density at radius 2 is 1.50 bits per heavy atom. The fraction of sp³-hybridized carbons (Fsp3) is 0. The van der Waals surface area contributed by atoms with Gasteiger partial charge in [0.2, 0.25) is 0 Å². The lowest BCUT2D eigenvalue weighted by molar-refractivity contribution is 0.103. The average Bonchev–Trinajstić information content (AvgIpc) is 2.41. The smallest absolute Gasteiger partial charge is 0.397 e. The van der Waals surface area contributed by atoms with Gasteiger partial charge in [0.05, 0.1) is 11.4 Å². The van der Waals surface area contributed by atoms with Gasteiger partial charge in [0, 0.05) is 11.1 Å². The van der Waals surface area contributed by atoms with Crippen LogP contribution in [0.4, 0.5) is 11.4 Å². The largest absolute Gasteiger partial charge is 0.607 e. The Morgan fingerprint density at radius 1 is 0.950 bits per heavy atom. The SMILES string of the molecule is N[P+](=O)O.Nc1ccc(C(=O)c2ccccc2)cc1N. The molecule has 0 aromatic heterocycles. The van der Waals surface area contributed by atoms with Crippen molar-refractivity contribution in [2.24, 2.45) is 5.50 Å². The molecule has 7 heteroatoms. The fourth-order valence-corrected chi connectivity index (χ4v) is 1.47. The number of rotatable bonds is 2. The lowest BCUT2D eigenvalue weighted by atomic mass is 10.0. The van der Waals surface area contributed by atoms with Crippen LogP contribution < -0.4 is 17.0 Å². The van der Waals surface area contributed by atoms with Crippen LogP contribution >= 0.6 is 8.18 Å². The second-order valence-corrected chi connectivity index (χ2v) is 4.45. The van der Waals surface area contributed by atoms with E-state index in [2.05, 4.69) is 5.50 Å². The van der Waals surface area contributed by atoms with Gasteiger partial charge in [0.15, 0.2) is 5.78 Å². The van der Waals surface area contributed by atoms with Crippen LogP contribution in [-0.2, 0) is 4.57 Å². The number of benzene rings is 2. The van der Waals surface area contributed by atoms with E-state index in [4.69, 9.17) is 20.9 Å². The zero-order valence-electron chi connectivity index (χ0n) is 10.6. The third-order valence-electron chi connectivity index (χ3n) is 2.38. The van der Waals surface area contributed by atoms with Crippen LogP contribution in [0.1, 0.15) is 15.9 Å². The standard InChI is InChI=1S/C13H12N2O.H2NO2P/c14-11-7-6-10(8-12(11)15)13(16)9-4-2-1-3-5-9;1-4(2)3/h1-8H,14-15H2;(H2-,1,2,3)/p+1. The fourth-order valence-electron chi connectivity index (χ4n) is 1.47. The summed E-state index contributed by atoms with van der Waals surface area (Å²) in [5.74, 6) is -0.0488. The molecule has 0 spiro atoms. The maximum Gasteiger partial charge on any atom is 0.607 e. The number of hydrogen-bond donors (Lipinski definition) is 4. The van der Waals surface area contributed by atoms with Gasteiger partial charge >= 0.3 is 8.18 Å². The van der Waals surface area contributed by atoms with Gasteiger partial charge in [-0.05, 0) is 22.8 Å². The van der Waals surface area contributed by atoms with E-state index in [1.165, 1.54) is 0 Å². The van der Waals surface area contributed by atoms with E-state index in [1.54, 1.807) is 30.3 Å². The van der Waals surface area contributed by atoms with Crippen LogP contribution in [-0.4, -0.2) is 10.7 Å². The molecule has 104 valence electrons. The summed E-state index contributed by atoms with van der Waals surface area (Å²) < 4.78 is 8.93. The summed E-state index contributed by atoms with van der Waals surface area (Å²) in [6.45, 7) is 0. The Morgan fingerprint density at radius 3 is 2.00 bits per heavy atom. The van der Waals surface area contributed by atoms with Crippen molar-refractivity contribution in [2.45, 2.75) is 0 Å². The van der Waals surface area contributed by atoms with Crippen LogP contribution in [0.5, 0.6) is 0 Å². The van der Waals surface area contributed by atoms with Crippen molar-refractivity contribution in [3.05, 3.63) is 59.7 Å². The summed E-state index contributed by atoms with van der Waals surface area (Å²) >= 11 is 0. The molecule has 0 aliphatic heterocycles. The molecular weight excluding hydrogens is 277 g/mol. The monoisotopic (exact) mass is 292 g/mol. The second-order valence-electron chi connectivity index (χ2n) is 3.84. The highest BCUT2D eigenvalue weighted by Gasteiger charge is 2.09. The number of carbonyl (C=O) groups is 1. The molecule has 2 aromatic carbocycles. The minimum Gasteiger partial charge on any atom is -0.397 e. The van der Waals surface area contributed by atoms with Gasteiger partial charge in [-0.25, -0.2) is 0 Å². The molecule has 0 saturated heterocycles. The van der Waals surface area contributed by atoms with Crippen LogP contribution in [0.15, 0.2) is 48.5 Å². The lowest BCUT2D eigenvalue weighted by Gasteiger charge is -2.04. The first-order valence-electron chi connectivity index (χ1n) is 5.57. The van der Waals surface area contributed by atoms with Gasteiger partial charge < -0.3 is 11.5 Å². The summed E-state index contributed by atoms with van der Waals surface area (Å²) in [7, 11) is -2.37. The molecule has 2 aromatic rings. The first-order chi connectivity index (χ1) is 9.41. The number of hydrogen-bond acceptors (Lipinski definition) is 4. The van der Waals surface area contributed by atoms with Crippen molar-refractivity contribution in [3.63, 3.8) is 0 Å². The van der Waals surface area contributed by atoms with Crippen LogP contribution in [0.2, 0.25) is 0 Å². The highest BCUT2D eigenvalue weighted by atomic mass is 31.1. The molecule has 0 fully saturated rings. The number of carbonyl (C=O) groups excluding carboxylic acids is 1. The molecule has 0 bridgehead atoms. The van der Waals surface area contributed by atoms with E-state index in [0.717, 1.165) is 0 Å². The highest BCUT2D eigenvalue weighted by molar-refractivity contribution is 7.35. The zero-order chi connectivity index (χ0) is 15.1. The molecule has 20 heavy (non-hydrogen) atoms. The van der Waals surface area contributed by atoms with E-state index in [9.17, 15) is 4.79 Å². The first kappa shape index (κ1) is 15.8. The predicted octanol–water partition coefficient (Wildman–Crippen LogP) is 1.68. The van der Waals surface area contributed by atoms with Gasteiger partial charge in [0.25, 0.3) is 0 Å². The van der Waals surface area contributed by atoms with Gasteiger partial charge in [-0.1, -0.05) is 35.8 Å². The third-order valence-corrected chi connectivity index (χ3v) is 2.38. The number of nitrogens with two attached hydrogens (primary N) is 3. The van der Waals surface area contributed by atoms with E-state index >= 15 is 0 Å². The maximum absolute atomic E-state index is 12.0. The molecule has 0 aliphatic carbocycles. The Kier molecular flexibility index (Phi) is 5.80. The summed E-state index contributed by atoms with van der Waals surface area (Å²) in [5.41, 5.74) is 17.5. The molecule has 0 heterocycles. The van der Waals surface area contributed by atoms with Gasteiger partial charge in [-0.3, -0.25) is 4.79 Å². The molecule has 0 saturated carbocycles. The number of nitrogen functional groups attached to an aromatic ring is 2. The Balaban J connectivity index is 0.000000444. The summed E-state index contributed by atoms with van der Waals surface area (Å²) in [5, 5.41) is 0. The minimum absolute atomic E-state index is 0.0488. The number of ketones is 1. The van der Waals surface area contributed by atoms with Crippen molar-refractivity contribution >= 4 is 25.3 Å². The summed E-state index contributed by atoms with van der Waals surface area (Å²) in [6, 6.07) is 14.0. The van der Waals surface area contributed by atoms with E-state index in [1.807, 2.05) is 18.2 Å².